The van der Waals surface area contributed by atoms with Gasteiger partial charge in [0.2, 0.25) is 0 Å². The molecule has 0 amide bonds. The van der Waals surface area contributed by atoms with Crippen LogP contribution in [0.5, 0.6) is 5.75 Å². The van der Waals surface area contributed by atoms with Crippen LogP contribution in [0.4, 0.5) is 8.78 Å². The van der Waals surface area contributed by atoms with E-state index in [1.807, 2.05) is 18.2 Å². The number of halogens is 3. The predicted molar refractivity (Wildman–Crippen MR) is 79.4 cm³/mol. The molecule has 0 fully saturated rings. The van der Waals surface area contributed by atoms with Crippen molar-refractivity contribution in [1.82, 2.24) is 9.55 Å². The summed E-state index contributed by atoms with van der Waals surface area (Å²) in [6.45, 7) is 0.472. The Hall–Kier alpha value is -1.95. The van der Waals surface area contributed by atoms with Crippen molar-refractivity contribution in [3.8, 4) is 5.75 Å². The van der Waals surface area contributed by atoms with Gasteiger partial charge in [-0.2, -0.15) is 0 Å². The van der Waals surface area contributed by atoms with Crippen molar-refractivity contribution >= 4 is 27.0 Å². The van der Waals surface area contributed by atoms with Crippen LogP contribution in [-0.4, -0.2) is 16.7 Å². The molecule has 0 unspecified atom stereocenters. The highest BCUT2D eigenvalue weighted by atomic mass is 79.9. The molecule has 108 valence electrons. The molecular weight excluding hydrogens is 342 g/mol. The van der Waals surface area contributed by atoms with Crippen LogP contribution in [0.2, 0.25) is 0 Å². The van der Waals surface area contributed by atoms with Gasteiger partial charge in [-0.15, -0.1) is 0 Å². The van der Waals surface area contributed by atoms with Crippen molar-refractivity contribution in [1.29, 1.82) is 0 Å². The predicted octanol–water partition coefficient (Wildman–Crippen LogP) is 4.13. The first kappa shape index (κ1) is 14.0. The summed E-state index contributed by atoms with van der Waals surface area (Å²) in [6.07, 6.45) is 1.56. The van der Waals surface area contributed by atoms with E-state index in [1.54, 1.807) is 18.0 Å². The largest absolute Gasteiger partial charge is 0.497 e. The fraction of sp³-hybridized carbons (Fsp3) is 0.133. The van der Waals surface area contributed by atoms with Gasteiger partial charge >= 0.3 is 0 Å². The number of hydrogen-bond acceptors (Lipinski definition) is 2. The standard InChI is InChI=1S/C15H11BrF2N2O/c1-21-10-2-3-11(16)9(4-10)7-20-8-19-14-5-12(17)13(18)6-15(14)20/h2-6,8H,7H2,1H3. The molecule has 21 heavy (non-hydrogen) atoms. The second kappa shape index (κ2) is 5.44. The van der Waals surface area contributed by atoms with E-state index in [4.69, 9.17) is 4.74 Å². The van der Waals surface area contributed by atoms with Crippen LogP contribution in [-0.2, 0) is 6.54 Å². The summed E-state index contributed by atoms with van der Waals surface area (Å²) >= 11 is 3.47. The quantitative estimate of drug-likeness (QED) is 0.708. The van der Waals surface area contributed by atoms with Gasteiger partial charge in [-0.1, -0.05) is 15.9 Å². The molecule has 0 atom stereocenters. The average molecular weight is 353 g/mol. The number of aromatic nitrogens is 2. The third kappa shape index (κ3) is 2.63. The van der Waals surface area contributed by atoms with E-state index in [-0.39, 0.29) is 0 Å². The molecule has 1 aromatic heterocycles. The summed E-state index contributed by atoms with van der Waals surface area (Å²) in [5, 5.41) is 0. The minimum Gasteiger partial charge on any atom is -0.497 e. The van der Waals surface area contributed by atoms with Crippen molar-refractivity contribution in [2.75, 3.05) is 7.11 Å². The Labute approximate surface area is 128 Å². The molecule has 0 aliphatic carbocycles. The Morgan fingerprint density at radius 2 is 1.95 bits per heavy atom. The highest BCUT2D eigenvalue weighted by Crippen LogP contribution is 2.25. The Morgan fingerprint density at radius 1 is 1.19 bits per heavy atom. The Kier molecular flexibility index (Phi) is 3.63. The molecule has 0 aliphatic heterocycles. The Bertz CT molecular complexity index is 817. The molecule has 0 bridgehead atoms. The highest BCUT2D eigenvalue weighted by Gasteiger charge is 2.11. The topological polar surface area (TPSA) is 27.1 Å². The van der Waals surface area contributed by atoms with E-state index >= 15 is 0 Å². The maximum Gasteiger partial charge on any atom is 0.161 e. The van der Waals surface area contributed by atoms with Crippen molar-refractivity contribution in [2.24, 2.45) is 0 Å². The zero-order valence-electron chi connectivity index (χ0n) is 11.1. The zero-order valence-corrected chi connectivity index (χ0v) is 12.7. The van der Waals surface area contributed by atoms with Gasteiger partial charge in [-0.25, -0.2) is 13.8 Å². The van der Waals surface area contributed by atoms with E-state index < -0.39 is 11.6 Å². The van der Waals surface area contributed by atoms with E-state index in [0.717, 1.165) is 27.9 Å². The van der Waals surface area contributed by atoms with Gasteiger partial charge in [0.15, 0.2) is 11.6 Å². The molecule has 0 radical (unpaired) electrons. The van der Waals surface area contributed by atoms with Crippen LogP contribution in [0.3, 0.4) is 0 Å². The molecule has 0 N–H and O–H groups in total. The second-order valence-electron chi connectivity index (χ2n) is 4.58. The summed E-state index contributed by atoms with van der Waals surface area (Å²) in [7, 11) is 1.60. The first-order valence-electron chi connectivity index (χ1n) is 6.21. The minimum atomic E-state index is -0.893. The third-order valence-corrected chi connectivity index (χ3v) is 4.03. The maximum absolute atomic E-state index is 13.4. The molecule has 3 rings (SSSR count). The van der Waals surface area contributed by atoms with Crippen molar-refractivity contribution in [3.05, 3.63) is 58.3 Å². The lowest BCUT2D eigenvalue weighted by Gasteiger charge is -2.09. The van der Waals surface area contributed by atoms with Crippen LogP contribution in [0.25, 0.3) is 11.0 Å². The molecular formula is C15H11BrF2N2O. The molecule has 0 saturated heterocycles. The second-order valence-corrected chi connectivity index (χ2v) is 5.44. The van der Waals surface area contributed by atoms with Crippen molar-refractivity contribution < 1.29 is 13.5 Å². The van der Waals surface area contributed by atoms with E-state index in [9.17, 15) is 8.78 Å². The summed E-state index contributed by atoms with van der Waals surface area (Å²) in [6, 6.07) is 7.87. The van der Waals surface area contributed by atoms with Gasteiger partial charge in [0.05, 0.1) is 31.0 Å². The summed E-state index contributed by atoms with van der Waals surface area (Å²) in [4.78, 5) is 4.10. The molecule has 2 aromatic carbocycles. The van der Waals surface area contributed by atoms with Gasteiger partial charge in [-0.05, 0) is 23.8 Å². The normalized spacial score (nSPS) is 11.0. The average Bonchev–Trinajstić information content (AvgIpc) is 2.84. The molecule has 3 aromatic rings. The SMILES string of the molecule is COc1ccc(Br)c(Cn2cnc3cc(F)c(F)cc32)c1. The molecule has 1 heterocycles. The molecule has 0 spiro atoms. The molecule has 3 nitrogen and oxygen atoms in total. The van der Waals surface area contributed by atoms with Gasteiger partial charge < -0.3 is 9.30 Å². The Morgan fingerprint density at radius 3 is 2.71 bits per heavy atom. The van der Waals surface area contributed by atoms with Gasteiger partial charge in [0.1, 0.15) is 5.75 Å². The van der Waals surface area contributed by atoms with Crippen LogP contribution >= 0.6 is 15.9 Å². The van der Waals surface area contributed by atoms with Gasteiger partial charge in [-0.3, -0.25) is 0 Å². The fourth-order valence-corrected chi connectivity index (χ4v) is 2.53. The van der Waals surface area contributed by atoms with Crippen LogP contribution < -0.4 is 4.74 Å². The summed E-state index contributed by atoms with van der Waals surface area (Å²) < 4.78 is 34.5. The Balaban J connectivity index is 2.04. The number of methoxy groups -OCH3 is 1. The maximum atomic E-state index is 13.4. The van der Waals surface area contributed by atoms with E-state index in [0.29, 0.717) is 17.6 Å². The number of hydrogen-bond donors (Lipinski definition) is 0. The van der Waals surface area contributed by atoms with E-state index in [1.165, 1.54) is 0 Å². The van der Waals surface area contributed by atoms with Crippen molar-refractivity contribution in [3.63, 3.8) is 0 Å². The van der Waals surface area contributed by atoms with Crippen LogP contribution in [0.1, 0.15) is 5.56 Å². The fourth-order valence-electron chi connectivity index (χ4n) is 2.16. The smallest absolute Gasteiger partial charge is 0.161 e. The molecule has 6 heteroatoms. The van der Waals surface area contributed by atoms with Gasteiger partial charge in [0.25, 0.3) is 0 Å². The highest BCUT2D eigenvalue weighted by molar-refractivity contribution is 9.10. The molecule has 0 saturated carbocycles. The first-order chi connectivity index (χ1) is 10.1. The number of imidazole rings is 1. The first-order valence-corrected chi connectivity index (χ1v) is 7.00. The lowest BCUT2D eigenvalue weighted by molar-refractivity contribution is 0.414. The van der Waals surface area contributed by atoms with Crippen LogP contribution in [0.15, 0.2) is 41.1 Å². The third-order valence-electron chi connectivity index (χ3n) is 3.26. The lowest BCUT2D eigenvalue weighted by atomic mass is 10.2. The number of rotatable bonds is 3. The summed E-state index contributed by atoms with van der Waals surface area (Å²) in [5.74, 6) is -1.04. The van der Waals surface area contributed by atoms with Crippen LogP contribution in [0, 0.1) is 11.6 Å². The number of benzene rings is 2. The molecule has 0 aliphatic rings. The minimum absolute atomic E-state index is 0.424. The van der Waals surface area contributed by atoms with E-state index in [2.05, 4.69) is 20.9 Å². The van der Waals surface area contributed by atoms with Crippen molar-refractivity contribution in [2.45, 2.75) is 6.54 Å². The zero-order chi connectivity index (χ0) is 15.0. The number of fused-ring (bicyclic) bond motifs is 1. The van der Waals surface area contributed by atoms with Gasteiger partial charge in [0, 0.05) is 16.6 Å². The number of ether oxygens (including phenoxy) is 1. The summed E-state index contributed by atoms with van der Waals surface area (Å²) in [5.41, 5.74) is 1.93. The number of nitrogens with zero attached hydrogens (tertiary/aromatic N) is 2. The lowest BCUT2D eigenvalue weighted by Crippen LogP contribution is -2.00. The monoisotopic (exact) mass is 352 g/mol.